The predicted molar refractivity (Wildman–Crippen MR) is 82.5 cm³/mol. The normalized spacial score (nSPS) is 12.3. The summed E-state index contributed by atoms with van der Waals surface area (Å²) in [6.45, 7) is 1.72. The molecule has 0 amide bonds. The van der Waals surface area contributed by atoms with E-state index in [-0.39, 0.29) is 0 Å². The minimum atomic E-state index is -0.565. The minimum Gasteiger partial charge on any atom is -0.387 e. The van der Waals surface area contributed by atoms with Crippen molar-refractivity contribution in [1.29, 1.82) is 0 Å². The second-order valence-corrected chi connectivity index (χ2v) is 5.04. The van der Waals surface area contributed by atoms with Gasteiger partial charge in [0.1, 0.15) is 0 Å². The number of aromatic nitrogens is 3. The lowest BCUT2D eigenvalue weighted by Gasteiger charge is -2.08. The molecule has 3 rings (SSSR count). The highest BCUT2D eigenvalue weighted by atomic mass is 16.3. The zero-order valence-electron chi connectivity index (χ0n) is 12.1. The third kappa shape index (κ3) is 2.71. The smallest absolute Gasteiger partial charge is 0.0932 e. The molecular formula is C17H17N3O. The van der Waals surface area contributed by atoms with E-state index in [0.29, 0.717) is 5.69 Å². The number of hydrogen-bond acceptors (Lipinski definition) is 3. The second kappa shape index (κ2) is 5.50. The summed E-state index contributed by atoms with van der Waals surface area (Å²) in [7, 11) is 1.92. The van der Waals surface area contributed by atoms with Gasteiger partial charge in [0.25, 0.3) is 0 Å². The monoisotopic (exact) mass is 279 g/mol. The Morgan fingerprint density at radius 1 is 1.05 bits per heavy atom. The van der Waals surface area contributed by atoms with Gasteiger partial charge >= 0.3 is 0 Å². The molecule has 1 N–H and O–H groups in total. The van der Waals surface area contributed by atoms with Crippen LogP contribution in [0.25, 0.3) is 22.5 Å². The van der Waals surface area contributed by atoms with Crippen LogP contribution in [0.3, 0.4) is 0 Å². The molecule has 0 saturated heterocycles. The van der Waals surface area contributed by atoms with Crippen LogP contribution in [-0.4, -0.2) is 19.9 Å². The first-order chi connectivity index (χ1) is 10.1. The largest absolute Gasteiger partial charge is 0.387 e. The van der Waals surface area contributed by atoms with E-state index in [4.69, 9.17) is 0 Å². The molecule has 1 aromatic carbocycles. The summed E-state index contributed by atoms with van der Waals surface area (Å²) in [5.74, 6) is 0. The standard InChI is InChI=1S/C17H17N3O/c1-12(21)15-7-4-8-16(19-15)13-5-3-6-14(11-13)17-9-10-18-20(17)2/h3-12,21H,1-2H3/t12-/m0/s1. The Kier molecular flexibility index (Phi) is 3.54. The maximum Gasteiger partial charge on any atom is 0.0932 e. The highest BCUT2D eigenvalue weighted by molar-refractivity contribution is 5.69. The van der Waals surface area contributed by atoms with Crippen LogP contribution < -0.4 is 0 Å². The van der Waals surface area contributed by atoms with Crippen LogP contribution in [0.15, 0.2) is 54.7 Å². The average Bonchev–Trinajstić information content (AvgIpc) is 2.94. The topological polar surface area (TPSA) is 50.9 Å². The molecule has 1 atom stereocenters. The van der Waals surface area contributed by atoms with Crippen LogP contribution in [0.4, 0.5) is 0 Å². The van der Waals surface area contributed by atoms with Crippen molar-refractivity contribution >= 4 is 0 Å². The molecule has 3 aromatic rings. The van der Waals surface area contributed by atoms with Crippen molar-refractivity contribution in [3.63, 3.8) is 0 Å². The number of aliphatic hydroxyl groups excluding tert-OH is 1. The second-order valence-electron chi connectivity index (χ2n) is 5.04. The molecule has 0 aliphatic carbocycles. The van der Waals surface area contributed by atoms with E-state index in [2.05, 4.69) is 22.2 Å². The maximum atomic E-state index is 9.66. The quantitative estimate of drug-likeness (QED) is 0.801. The van der Waals surface area contributed by atoms with Crippen molar-refractivity contribution < 1.29 is 5.11 Å². The number of aliphatic hydroxyl groups is 1. The number of hydrogen-bond donors (Lipinski definition) is 1. The zero-order valence-corrected chi connectivity index (χ0v) is 12.1. The Morgan fingerprint density at radius 3 is 2.52 bits per heavy atom. The van der Waals surface area contributed by atoms with Crippen LogP contribution in [0.1, 0.15) is 18.7 Å². The van der Waals surface area contributed by atoms with E-state index < -0.39 is 6.10 Å². The Labute approximate surface area is 123 Å². The molecule has 4 nitrogen and oxygen atoms in total. The highest BCUT2D eigenvalue weighted by Crippen LogP contribution is 2.25. The van der Waals surface area contributed by atoms with E-state index in [0.717, 1.165) is 22.5 Å². The van der Waals surface area contributed by atoms with Crippen molar-refractivity contribution in [2.45, 2.75) is 13.0 Å². The number of aryl methyl sites for hydroxylation is 1. The van der Waals surface area contributed by atoms with Crippen molar-refractivity contribution in [2.75, 3.05) is 0 Å². The van der Waals surface area contributed by atoms with Crippen molar-refractivity contribution in [2.24, 2.45) is 7.05 Å². The fourth-order valence-electron chi connectivity index (χ4n) is 2.34. The molecule has 0 radical (unpaired) electrons. The number of benzene rings is 1. The van der Waals surface area contributed by atoms with Gasteiger partial charge in [0.2, 0.25) is 0 Å². The third-order valence-electron chi connectivity index (χ3n) is 3.47. The molecule has 0 unspecified atom stereocenters. The first-order valence-electron chi connectivity index (χ1n) is 6.89. The van der Waals surface area contributed by atoms with Gasteiger partial charge in [-0.1, -0.05) is 24.3 Å². The van der Waals surface area contributed by atoms with Crippen LogP contribution in [0.2, 0.25) is 0 Å². The number of rotatable bonds is 3. The fourth-order valence-corrected chi connectivity index (χ4v) is 2.34. The maximum absolute atomic E-state index is 9.66. The lowest BCUT2D eigenvalue weighted by atomic mass is 10.0. The average molecular weight is 279 g/mol. The van der Waals surface area contributed by atoms with Gasteiger partial charge in [0, 0.05) is 24.4 Å². The molecule has 2 aromatic heterocycles. The predicted octanol–water partition coefficient (Wildman–Crippen LogP) is 3.20. The molecule has 0 saturated carbocycles. The third-order valence-corrected chi connectivity index (χ3v) is 3.47. The molecule has 2 heterocycles. The summed E-state index contributed by atoms with van der Waals surface area (Å²) in [6.07, 6.45) is 1.22. The molecule has 0 aliphatic rings. The lowest BCUT2D eigenvalue weighted by molar-refractivity contribution is 0.194. The van der Waals surface area contributed by atoms with Crippen LogP contribution >= 0.6 is 0 Å². The SMILES string of the molecule is C[C@H](O)c1cccc(-c2cccc(-c3ccnn3C)c2)n1. The van der Waals surface area contributed by atoms with Crippen molar-refractivity contribution in [1.82, 2.24) is 14.8 Å². The Hall–Kier alpha value is -2.46. The fraction of sp³-hybridized carbons (Fsp3) is 0.176. The molecule has 0 spiro atoms. The van der Waals surface area contributed by atoms with E-state index in [1.165, 1.54) is 0 Å². The van der Waals surface area contributed by atoms with Gasteiger partial charge in [-0.3, -0.25) is 9.67 Å². The van der Waals surface area contributed by atoms with Crippen LogP contribution in [-0.2, 0) is 7.05 Å². The van der Waals surface area contributed by atoms with Crippen molar-refractivity contribution in [3.8, 4) is 22.5 Å². The molecule has 4 heteroatoms. The zero-order chi connectivity index (χ0) is 14.8. The summed E-state index contributed by atoms with van der Waals surface area (Å²) in [5, 5.41) is 13.9. The summed E-state index contributed by atoms with van der Waals surface area (Å²) < 4.78 is 1.85. The van der Waals surface area contributed by atoms with Gasteiger partial charge in [-0.25, -0.2) is 0 Å². The number of nitrogens with zero attached hydrogens (tertiary/aromatic N) is 3. The Morgan fingerprint density at radius 2 is 1.81 bits per heavy atom. The molecule has 0 fully saturated rings. The van der Waals surface area contributed by atoms with E-state index >= 15 is 0 Å². The summed E-state index contributed by atoms with van der Waals surface area (Å²) in [6, 6.07) is 15.9. The van der Waals surface area contributed by atoms with Gasteiger partial charge in [-0.2, -0.15) is 5.10 Å². The Balaban J connectivity index is 2.04. The van der Waals surface area contributed by atoms with E-state index in [1.807, 2.05) is 48.1 Å². The molecule has 0 aliphatic heterocycles. The molecule has 21 heavy (non-hydrogen) atoms. The minimum absolute atomic E-state index is 0.565. The molecular weight excluding hydrogens is 262 g/mol. The summed E-state index contributed by atoms with van der Waals surface area (Å²) in [4.78, 5) is 4.51. The van der Waals surface area contributed by atoms with Gasteiger partial charge in [0.15, 0.2) is 0 Å². The van der Waals surface area contributed by atoms with Gasteiger partial charge in [0.05, 0.1) is 23.2 Å². The lowest BCUT2D eigenvalue weighted by Crippen LogP contribution is -1.97. The highest BCUT2D eigenvalue weighted by Gasteiger charge is 2.07. The van der Waals surface area contributed by atoms with Gasteiger partial charge in [-0.05, 0) is 31.2 Å². The van der Waals surface area contributed by atoms with Crippen LogP contribution in [0, 0.1) is 0 Å². The summed E-state index contributed by atoms with van der Waals surface area (Å²) in [5.41, 5.74) is 4.72. The Bertz CT molecular complexity index is 762. The summed E-state index contributed by atoms with van der Waals surface area (Å²) >= 11 is 0. The van der Waals surface area contributed by atoms with Gasteiger partial charge < -0.3 is 5.11 Å². The van der Waals surface area contributed by atoms with Crippen molar-refractivity contribution in [3.05, 3.63) is 60.4 Å². The van der Waals surface area contributed by atoms with E-state index in [9.17, 15) is 5.11 Å². The van der Waals surface area contributed by atoms with Gasteiger partial charge in [-0.15, -0.1) is 0 Å². The van der Waals surface area contributed by atoms with E-state index in [1.54, 1.807) is 13.1 Å². The number of pyridine rings is 1. The molecule has 0 bridgehead atoms. The first kappa shape index (κ1) is 13.5. The first-order valence-corrected chi connectivity index (χ1v) is 6.89. The molecule has 106 valence electrons. The van der Waals surface area contributed by atoms with Crippen LogP contribution in [0.5, 0.6) is 0 Å².